The van der Waals surface area contributed by atoms with E-state index in [1.807, 2.05) is 18.2 Å². The quantitative estimate of drug-likeness (QED) is 0.720. The van der Waals surface area contributed by atoms with E-state index in [-0.39, 0.29) is 11.3 Å². The smallest absolute Gasteiger partial charge is 0.141 e. The maximum Gasteiger partial charge on any atom is 0.141 e. The minimum absolute atomic E-state index is 0.0141. The number of benzene rings is 1. The molecule has 0 aliphatic rings. The van der Waals surface area contributed by atoms with Gasteiger partial charge in [-0.25, -0.2) is 0 Å². The van der Waals surface area contributed by atoms with Gasteiger partial charge in [-0.1, -0.05) is 0 Å². The molecule has 0 spiro atoms. The van der Waals surface area contributed by atoms with Crippen molar-refractivity contribution in [3.05, 3.63) is 30.5 Å². The molecule has 0 saturated heterocycles. The van der Waals surface area contributed by atoms with Crippen molar-refractivity contribution < 1.29 is 5.11 Å². The molecule has 1 aromatic heterocycles. The summed E-state index contributed by atoms with van der Waals surface area (Å²) < 4.78 is 0. The summed E-state index contributed by atoms with van der Waals surface area (Å²) >= 11 is 0. The van der Waals surface area contributed by atoms with Gasteiger partial charge in [-0.2, -0.15) is 0 Å². The normalized spacial score (nSPS) is 11.7. The van der Waals surface area contributed by atoms with E-state index in [4.69, 9.17) is 0 Å². The maximum atomic E-state index is 9.70. The summed E-state index contributed by atoms with van der Waals surface area (Å²) in [6, 6.07) is 7.37. The van der Waals surface area contributed by atoms with Gasteiger partial charge >= 0.3 is 0 Å². The summed E-state index contributed by atoms with van der Waals surface area (Å²) in [6.45, 7) is 6.30. The number of hydrogen-bond acceptors (Lipinski definition) is 3. The van der Waals surface area contributed by atoms with Gasteiger partial charge in [-0.3, -0.25) is 4.98 Å². The fourth-order valence-electron chi connectivity index (χ4n) is 1.67. The van der Waals surface area contributed by atoms with E-state index in [1.165, 1.54) is 0 Å². The molecule has 1 heterocycles. The number of hydrogen-bond donors (Lipinski definition) is 2. The van der Waals surface area contributed by atoms with Crippen molar-refractivity contribution in [2.45, 2.75) is 26.3 Å². The van der Waals surface area contributed by atoms with Gasteiger partial charge in [-0.05, 0) is 45.0 Å². The minimum atomic E-state index is -0.0141. The molecule has 3 nitrogen and oxygen atoms in total. The molecule has 1 aromatic carbocycles. The van der Waals surface area contributed by atoms with Crippen LogP contribution in [0.1, 0.15) is 20.8 Å². The molecule has 0 saturated carbocycles. The number of phenolic OH excluding ortho intramolecular Hbond substituents is 1. The molecule has 2 rings (SSSR count). The molecule has 0 unspecified atom stereocenters. The molecule has 0 radical (unpaired) electrons. The summed E-state index contributed by atoms with van der Waals surface area (Å²) in [4.78, 5) is 4.18. The Hall–Kier alpha value is -1.77. The topological polar surface area (TPSA) is 45.1 Å². The van der Waals surface area contributed by atoms with Crippen LogP contribution in [0.15, 0.2) is 30.5 Å². The fourth-order valence-corrected chi connectivity index (χ4v) is 1.67. The summed E-state index contributed by atoms with van der Waals surface area (Å²) in [5.41, 5.74) is 1.62. The van der Waals surface area contributed by atoms with Crippen molar-refractivity contribution in [2.24, 2.45) is 0 Å². The van der Waals surface area contributed by atoms with Gasteiger partial charge in [0.1, 0.15) is 11.3 Å². The Labute approximate surface area is 95.1 Å². The summed E-state index contributed by atoms with van der Waals surface area (Å²) in [5, 5.41) is 14.0. The number of fused-ring (bicyclic) bond motifs is 1. The monoisotopic (exact) mass is 216 g/mol. The van der Waals surface area contributed by atoms with Crippen LogP contribution in [-0.4, -0.2) is 15.6 Å². The number of phenols is 1. The van der Waals surface area contributed by atoms with Crippen LogP contribution < -0.4 is 5.32 Å². The van der Waals surface area contributed by atoms with Crippen molar-refractivity contribution in [3.63, 3.8) is 0 Å². The average Bonchev–Trinajstić information content (AvgIpc) is 2.21. The summed E-state index contributed by atoms with van der Waals surface area (Å²) in [6.07, 6.45) is 1.68. The second kappa shape index (κ2) is 3.67. The molecular formula is C13H16N2O. The van der Waals surface area contributed by atoms with Crippen LogP contribution in [0.4, 0.5) is 5.69 Å². The average molecular weight is 216 g/mol. The number of pyridine rings is 1. The Bertz CT molecular complexity index is 515. The SMILES string of the molecule is CC(C)(C)Nc1ccc(O)c2ncccc12. The van der Waals surface area contributed by atoms with Crippen LogP contribution in [0, 0.1) is 0 Å². The van der Waals surface area contributed by atoms with E-state index in [9.17, 15) is 5.11 Å². The van der Waals surface area contributed by atoms with Crippen LogP contribution in [0.2, 0.25) is 0 Å². The fraction of sp³-hybridized carbons (Fsp3) is 0.308. The number of anilines is 1. The van der Waals surface area contributed by atoms with Crippen molar-refractivity contribution in [1.29, 1.82) is 0 Å². The Morgan fingerprint density at radius 3 is 2.62 bits per heavy atom. The second-order valence-corrected chi connectivity index (χ2v) is 4.91. The Morgan fingerprint density at radius 2 is 1.94 bits per heavy atom. The highest BCUT2D eigenvalue weighted by Gasteiger charge is 2.12. The third-order valence-electron chi connectivity index (χ3n) is 2.26. The first kappa shape index (κ1) is 10.7. The summed E-state index contributed by atoms with van der Waals surface area (Å²) in [7, 11) is 0. The van der Waals surface area contributed by atoms with E-state index in [0.717, 1.165) is 11.1 Å². The van der Waals surface area contributed by atoms with Crippen molar-refractivity contribution in [3.8, 4) is 5.75 Å². The number of rotatable bonds is 1. The zero-order chi connectivity index (χ0) is 11.8. The maximum absolute atomic E-state index is 9.70. The van der Waals surface area contributed by atoms with Crippen LogP contribution in [0.5, 0.6) is 5.75 Å². The molecule has 0 amide bonds. The molecule has 0 aliphatic heterocycles. The van der Waals surface area contributed by atoms with Crippen LogP contribution in [-0.2, 0) is 0 Å². The van der Waals surface area contributed by atoms with Gasteiger partial charge in [0.15, 0.2) is 0 Å². The van der Waals surface area contributed by atoms with E-state index >= 15 is 0 Å². The number of aromatic hydroxyl groups is 1. The molecule has 0 fully saturated rings. The highest BCUT2D eigenvalue weighted by Crippen LogP contribution is 2.30. The van der Waals surface area contributed by atoms with Gasteiger partial charge in [0.25, 0.3) is 0 Å². The lowest BCUT2D eigenvalue weighted by molar-refractivity contribution is 0.480. The molecule has 0 aliphatic carbocycles. The van der Waals surface area contributed by atoms with Gasteiger partial charge in [0.05, 0.1) is 0 Å². The number of nitrogens with one attached hydrogen (secondary N) is 1. The minimum Gasteiger partial charge on any atom is -0.506 e. The highest BCUT2D eigenvalue weighted by atomic mass is 16.3. The first-order valence-corrected chi connectivity index (χ1v) is 5.32. The Balaban J connectivity index is 2.59. The van der Waals surface area contributed by atoms with Gasteiger partial charge < -0.3 is 10.4 Å². The lowest BCUT2D eigenvalue weighted by Gasteiger charge is -2.23. The standard InChI is InChI=1S/C13H16N2O/c1-13(2,3)15-10-6-7-11(16)12-9(10)5-4-8-14-12/h4-8,15-16H,1-3H3. The number of nitrogens with zero attached hydrogens (tertiary/aromatic N) is 1. The predicted molar refractivity (Wildman–Crippen MR) is 66.8 cm³/mol. The molecule has 16 heavy (non-hydrogen) atoms. The summed E-state index contributed by atoms with van der Waals surface area (Å²) in [5.74, 6) is 0.218. The zero-order valence-electron chi connectivity index (χ0n) is 9.78. The highest BCUT2D eigenvalue weighted by molar-refractivity contribution is 5.95. The molecular weight excluding hydrogens is 200 g/mol. The third kappa shape index (κ3) is 2.08. The predicted octanol–water partition coefficient (Wildman–Crippen LogP) is 3.15. The molecule has 84 valence electrons. The van der Waals surface area contributed by atoms with Crippen molar-refractivity contribution in [2.75, 3.05) is 5.32 Å². The molecule has 2 N–H and O–H groups in total. The molecule has 2 aromatic rings. The molecule has 0 atom stereocenters. The Morgan fingerprint density at radius 1 is 1.19 bits per heavy atom. The van der Waals surface area contributed by atoms with Gasteiger partial charge in [-0.15, -0.1) is 0 Å². The number of aromatic nitrogens is 1. The van der Waals surface area contributed by atoms with E-state index in [2.05, 4.69) is 31.1 Å². The third-order valence-corrected chi connectivity index (χ3v) is 2.26. The van der Waals surface area contributed by atoms with Crippen LogP contribution >= 0.6 is 0 Å². The van der Waals surface area contributed by atoms with E-state index in [0.29, 0.717) is 5.52 Å². The molecule has 0 bridgehead atoms. The lowest BCUT2D eigenvalue weighted by Crippen LogP contribution is -2.26. The van der Waals surface area contributed by atoms with Gasteiger partial charge in [0, 0.05) is 22.8 Å². The second-order valence-electron chi connectivity index (χ2n) is 4.91. The van der Waals surface area contributed by atoms with Crippen molar-refractivity contribution >= 4 is 16.6 Å². The van der Waals surface area contributed by atoms with Crippen molar-refractivity contribution in [1.82, 2.24) is 4.98 Å². The largest absolute Gasteiger partial charge is 0.506 e. The molecule has 3 heteroatoms. The van der Waals surface area contributed by atoms with E-state index in [1.54, 1.807) is 12.3 Å². The van der Waals surface area contributed by atoms with Crippen LogP contribution in [0.25, 0.3) is 10.9 Å². The lowest BCUT2D eigenvalue weighted by atomic mass is 10.1. The van der Waals surface area contributed by atoms with Gasteiger partial charge in [0.2, 0.25) is 0 Å². The van der Waals surface area contributed by atoms with Crippen LogP contribution in [0.3, 0.4) is 0 Å². The first-order chi connectivity index (χ1) is 7.47. The zero-order valence-corrected chi connectivity index (χ0v) is 9.78. The van der Waals surface area contributed by atoms with E-state index < -0.39 is 0 Å². The Kier molecular flexibility index (Phi) is 2.46. The first-order valence-electron chi connectivity index (χ1n) is 5.32.